The third-order valence-corrected chi connectivity index (χ3v) is 20.5. The van der Waals surface area contributed by atoms with Crippen LogP contribution in [0.15, 0.2) is 102 Å². The number of carbonyl (C=O) groups is 4. The number of hydrogen-bond acceptors (Lipinski definition) is 23. The number of carbonyl (C=O) groups excluding carboxylic acids is 4. The summed E-state index contributed by atoms with van der Waals surface area (Å²) in [5.41, 5.74) is 16.5. The summed E-state index contributed by atoms with van der Waals surface area (Å²) in [6, 6.07) is 28.8. The largest absolute Gasteiger partial charge is 0.469 e. The molecule has 8 aromatic rings. The number of methoxy groups -OCH3 is 2. The Kier molecular flexibility index (Phi) is 23.0. The Hall–Kier alpha value is -7.94. The number of benzene rings is 4. The van der Waals surface area contributed by atoms with Crippen molar-refractivity contribution in [3.8, 4) is 0 Å². The summed E-state index contributed by atoms with van der Waals surface area (Å²) in [5, 5.41) is 44.5. The van der Waals surface area contributed by atoms with Crippen LogP contribution in [0.25, 0.3) is 0 Å². The van der Waals surface area contributed by atoms with E-state index in [-0.39, 0.29) is 94.1 Å². The topological polar surface area (TPSA) is 276 Å². The van der Waals surface area contributed by atoms with Crippen LogP contribution in [0.1, 0.15) is 117 Å². The number of nitrogens with one attached hydrogen (secondary N) is 2. The molecule has 7 heterocycles. The van der Waals surface area contributed by atoms with E-state index in [2.05, 4.69) is 76.8 Å². The number of nitrogen functional groups attached to an aromatic ring is 2. The molecule has 504 valence electrons. The highest BCUT2D eigenvalue weighted by Gasteiger charge is 2.46. The Morgan fingerprint density at radius 1 is 0.474 bits per heavy atom. The van der Waals surface area contributed by atoms with Crippen LogP contribution < -0.4 is 36.8 Å². The number of anilines is 7. The number of halogens is 7. The van der Waals surface area contributed by atoms with Crippen molar-refractivity contribution in [2.24, 2.45) is 0 Å². The van der Waals surface area contributed by atoms with E-state index in [1.165, 1.54) is 66.0 Å². The van der Waals surface area contributed by atoms with Gasteiger partial charge in [-0.15, -0.1) is 40.8 Å². The first-order valence-corrected chi connectivity index (χ1v) is 34.4. The summed E-state index contributed by atoms with van der Waals surface area (Å²) in [7, 11) is 2.71. The number of nitrogens with zero attached hydrogens (tertiary/aromatic N) is 11. The molecule has 2 saturated carbocycles. The van der Waals surface area contributed by atoms with Crippen LogP contribution in [-0.4, -0.2) is 136 Å². The molecule has 5 fully saturated rings. The van der Waals surface area contributed by atoms with Crippen LogP contribution in [-0.2, 0) is 54.3 Å². The average molecular weight is 1450 g/mol. The first kappa shape index (κ1) is 69.9. The zero-order valence-corrected chi connectivity index (χ0v) is 56.4. The van der Waals surface area contributed by atoms with E-state index < -0.39 is 17.8 Å². The number of amides is 2. The van der Waals surface area contributed by atoms with Crippen molar-refractivity contribution >= 4 is 123 Å². The molecule has 3 aliphatic heterocycles. The Bertz CT molecular complexity index is 3760. The molecule has 21 nitrogen and oxygen atoms in total. The van der Waals surface area contributed by atoms with Gasteiger partial charge in [-0.3, -0.25) is 19.2 Å². The average Bonchev–Trinajstić information content (AvgIpc) is 1.70. The van der Waals surface area contributed by atoms with Crippen molar-refractivity contribution in [1.29, 1.82) is 0 Å². The van der Waals surface area contributed by atoms with Gasteiger partial charge in [0, 0.05) is 45.2 Å². The summed E-state index contributed by atoms with van der Waals surface area (Å²) < 4.78 is 88.6. The zero-order valence-electron chi connectivity index (χ0n) is 51.6. The summed E-state index contributed by atoms with van der Waals surface area (Å²) in [4.78, 5) is 52.2. The normalized spacial score (nSPS) is 19.7. The maximum absolute atomic E-state index is 13.3. The molecule has 2 aliphatic carbocycles. The van der Waals surface area contributed by atoms with Crippen molar-refractivity contribution in [2.75, 3.05) is 90.3 Å². The number of alkyl halides is 6. The molecule has 2 amide bonds. The lowest BCUT2D eigenvalue weighted by molar-refractivity contribution is -0.140. The monoisotopic (exact) mass is 1450 g/mol. The highest BCUT2D eigenvalue weighted by atomic mass is 79.9. The first-order chi connectivity index (χ1) is 45.4. The van der Waals surface area contributed by atoms with Crippen LogP contribution >= 0.6 is 61.3 Å². The summed E-state index contributed by atoms with van der Waals surface area (Å²) >= 11 is 9.00. The number of ether oxygens (including phenoxy) is 2. The third kappa shape index (κ3) is 20.1. The fraction of sp³-hybridized carbons (Fsp3) is 0.429. The number of nitrogens with two attached hydrogens (primary N) is 2. The zero-order chi connectivity index (χ0) is 67.4. The molecular weight excluding hydrogens is 1380 g/mol. The highest BCUT2D eigenvalue weighted by molar-refractivity contribution is 9.10. The molecule has 4 aromatic heterocycles. The SMILES string of the molecule is COC(=O)Cc1cccc(Br)c1.COC(=O)Cc1cccc(N2CC(F)(F)C2)c1.Nc1nnc([C@H]2CCC[C@H](c3nnc(N)s3)C2)s1.O=C(Cc1cccc(N2CC(F)(F)C2)c1)Nc1nnc([C@H]2CCC[C@H](c3nnc(NC(=O)Cc4cccc(N5CC(F)(F)C5)c4)s3)C2)s1. The van der Waals surface area contributed by atoms with Gasteiger partial charge >= 0.3 is 11.9 Å². The van der Waals surface area contributed by atoms with Gasteiger partial charge in [0.1, 0.15) is 20.0 Å². The van der Waals surface area contributed by atoms with E-state index in [0.29, 0.717) is 50.2 Å². The summed E-state index contributed by atoms with van der Waals surface area (Å²) in [6.07, 6.45) is 8.78. The van der Waals surface area contributed by atoms with E-state index in [4.69, 9.17) is 11.5 Å². The molecule has 32 heteroatoms. The molecule has 5 aliphatic rings. The van der Waals surface area contributed by atoms with Crippen molar-refractivity contribution in [2.45, 2.75) is 118 Å². The molecule has 0 radical (unpaired) electrons. The van der Waals surface area contributed by atoms with Crippen molar-refractivity contribution < 1.29 is 55.0 Å². The van der Waals surface area contributed by atoms with E-state index >= 15 is 0 Å². The maximum Gasteiger partial charge on any atom is 0.309 e. The summed E-state index contributed by atoms with van der Waals surface area (Å²) in [5.74, 6) is -7.83. The van der Waals surface area contributed by atoms with Crippen molar-refractivity contribution in [1.82, 2.24) is 40.8 Å². The number of aromatic nitrogens is 8. The lowest BCUT2D eigenvalue weighted by Gasteiger charge is -2.40. The minimum atomic E-state index is -2.67. The highest BCUT2D eigenvalue weighted by Crippen LogP contribution is 2.45. The van der Waals surface area contributed by atoms with E-state index in [1.807, 2.05) is 24.3 Å². The predicted molar refractivity (Wildman–Crippen MR) is 357 cm³/mol. The van der Waals surface area contributed by atoms with Gasteiger partial charge in [0.2, 0.25) is 32.3 Å². The van der Waals surface area contributed by atoms with Crippen LogP contribution in [0.2, 0.25) is 0 Å². The Balaban J connectivity index is 0.000000169. The van der Waals surface area contributed by atoms with Crippen LogP contribution in [0.5, 0.6) is 0 Å². The lowest BCUT2D eigenvalue weighted by atomic mass is 9.82. The van der Waals surface area contributed by atoms with E-state index in [0.717, 1.165) is 97.4 Å². The Morgan fingerprint density at radius 3 is 1.11 bits per heavy atom. The van der Waals surface area contributed by atoms with E-state index in [1.54, 1.807) is 87.5 Å². The Labute approximate surface area is 567 Å². The smallest absolute Gasteiger partial charge is 0.309 e. The van der Waals surface area contributed by atoms with Gasteiger partial charge in [0.25, 0.3) is 17.8 Å². The van der Waals surface area contributed by atoms with Gasteiger partial charge in [-0.1, -0.05) is 123 Å². The van der Waals surface area contributed by atoms with Gasteiger partial charge < -0.3 is 46.3 Å². The molecule has 0 bridgehead atoms. The molecule has 0 unspecified atom stereocenters. The van der Waals surface area contributed by atoms with Crippen LogP contribution in [0.4, 0.5) is 63.9 Å². The van der Waals surface area contributed by atoms with Gasteiger partial charge in [-0.2, -0.15) is 0 Å². The number of hydrogen-bond donors (Lipinski definition) is 4. The molecular formula is C63H68BrF6N15O6S4. The standard InChI is InChI=1S/C32H32F4N8O2S2.C12H13F2NO2.C10H14N6S2.C9H9BrO2/c33-31(34)15-43(16-31)23-8-1-4-19(10-23)12-25(45)37-29-41-39-27(47-29)21-6-3-7-22(14-21)28-40-42-30(48-28)38-26(46)13-20-5-2-9-24(11-20)44-17-32(35,36)18-44;1-17-11(16)6-9-3-2-4-10(5-9)15-7-12(13,14)8-15;11-9-15-13-7(17-9)5-2-1-3-6(4-5)8-14-16-10(12)18-8;1-12-9(11)6-7-3-2-4-8(10)5-7/h1-2,4-5,8-11,21-22H,3,6-7,12-18H2,(H,37,41,45)(H,38,42,46);2-5H,6-8H2,1H3;5-6H,1-4H2,(H2,11,15)(H2,12,16);2-5H,6H2,1H3/t21-,22-;;5-,6-;/m0.0./s1. The number of esters is 2. The van der Waals surface area contributed by atoms with Crippen LogP contribution in [0.3, 0.4) is 0 Å². The fourth-order valence-electron chi connectivity index (χ4n) is 11.5. The van der Waals surface area contributed by atoms with Gasteiger partial charge in [0.05, 0.1) is 79.2 Å². The molecule has 4 atom stereocenters. The van der Waals surface area contributed by atoms with Crippen molar-refractivity contribution in [3.63, 3.8) is 0 Å². The fourth-order valence-corrected chi connectivity index (χ4v) is 15.3. The molecule has 4 aromatic carbocycles. The second-order valence-corrected chi connectivity index (χ2v) is 28.7. The summed E-state index contributed by atoms with van der Waals surface area (Å²) in [6.45, 7) is -1.79. The second-order valence-electron chi connectivity index (χ2n) is 23.7. The minimum Gasteiger partial charge on any atom is -0.469 e. The van der Waals surface area contributed by atoms with E-state index in [9.17, 15) is 45.5 Å². The molecule has 13 rings (SSSR count). The van der Waals surface area contributed by atoms with Gasteiger partial charge in [0.15, 0.2) is 0 Å². The third-order valence-electron chi connectivity index (χ3n) is 16.2. The van der Waals surface area contributed by atoms with Gasteiger partial charge in [-0.05, 0) is 109 Å². The van der Waals surface area contributed by atoms with Gasteiger partial charge in [-0.25, -0.2) is 26.3 Å². The molecule has 95 heavy (non-hydrogen) atoms. The predicted octanol–water partition coefficient (Wildman–Crippen LogP) is 12.1. The van der Waals surface area contributed by atoms with Crippen LogP contribution in [0, 0.1) is 0 Å². The minimum absolute atomic E-state index is 0.0842. The van der Waals surface area contributed by atoms with Crippen molar-refractivity contribution in [3.05, 3.63) is 144 Å². The lowest BCUT2D eigenvalue weighted by Crippen LogP contribution is -2.56. The quantitative estimate of drug-likeness (QED) is 0.0487. The second kappa shape index (κ2) is 31.3. The molecule has 3 saturated heterocycles. The molecule has 0 spiro atoms. The molecule has 6 N–H and O–H groups in total. The first-order valence-electron chi connectivity index (χ1n) is 30.4. The number of rotatable bonds is 17. The maximum atomic E-state index is 13.3. The Morgan fingerprint density at radius 2 is 0.789 bits per heavy atom.